The van der Waals surface area contributed by atoms with E-state index in [1.807, 2.05) is 18.2 Å². The van der Waals surface area contributed by atoms with Crippen LogP contribution in [0.5, 0.6) is 0 Å². The number of aryl methyl sites for hydroxylation is 3. The number of para-hydroxylation sites is 1. The minimum absolute atomic E-state index is 0.273. The van der Waals surface area contributed by atoms with Crippen molar-refractivity contribution in [3.63, 3.8) is 0 Å². The number of thiophene rings is 1. The third kappa shape index (κ3) is 2.25. The number of fused-ring (bicyclic) bond motifs is 1. The topological polar surface area (TPSA) is 37.8 Å². The Kier molecular flexibility index (Phi) is 3.36. The lowest BCUT2D eigenvalue weighted by Crippen LogP contribution is -1.98. The van der Waals surface area contributed by atoms with Gasteiger partial charge in [0.2, 0.25) is 5.28 Å². The molecular weight excluding hydrogens is 290 g/mol. The van der Waals surface area contributed by atoms with Gasteiger partial charge in [0, 0.05) is 10.6 Å². The average Bonchev–Trinajstić information content (AvgIpc) is 2.67. The number of aromatic nitrogens is 2. The molecule has 1 aromatic carbocycles. The fourth-order valence-electron chi connectivity index (χ4n) is 2.15. The van der Waals surface area contributed by atoms with E-state index in [9.17, 15) is 0 Å². The first-order valence-electron chi connectivity index (χ1n) is 6.32. The molecule has 0 aliphatic carbocycles. The van der Waals surface area contributed by atoms with E-state index >= 15 is 0 Å². The SMILES string of the molecule is Cc1ccccc1Nc1nc(Cl)nc2sc(C)c(C)c12. The summed E-state index contributed by atoms with van der Waals surface area (Å²) in [6, 6.07) is 8.11. The van der Waals surface area contributed by atoms with Gasteiger partial charge in [0.15, 0.2) is 0 Å². The molecule has 5 heteroatoms. The smallest absolute Gasteiger partial charge is 0.225 e. The van der Waals surface area contributed by atoms with Crippen molar-refractivity contribution in [1.29, 1.82) is 0 Å². The summed E-state index contributed by atoms with van der Waals surface area (Å²) in [7, 11) is 0. The van der Waals surface area contributed by atoms with Gasteiger partial charge in [-0.25, -0.2) is 4.98 Å². The normalized spacial score (nSPS) is 11.0. The Morgan fingerprint density at radius 3 is 2.60 bits per heavy atom. The first-order chi connectivity index (χ1) is 9.56. The van der Waals surface area contributed by atoms with E-state index < -0.39 is 0 Å². The summed E-state index contributed by atoms with van der Waals surface area (Å²) in [5.74, 6) is 0.774. The van der Waals surface area contributed by atoms with Crippen molar-refractivity contribution < 1.29 is 0 Å². The lowest BCUT2D eigenvalue weighted by Gasteiger charge is -2.10. The molecular formula is C15H14ClN3S. The molecule has 0 spiro atoms. The molecule has 0 aliphatic rings. The standard InChI is InChI=1S/C15H14ClN3S/c1-8-6-4-5-7-11(8)17-13-12-9(2)10(3)20-14(12)19-15(16)18-13/h4-7H,1-3H3,(H,17,18,19). The minimum Gasteiger partial charge on any atom is -0.339 e. The molecule has 0 fully saturated rings. The molecule has 1 N–H and O–H groups in total. The highest BCUT2D eigenvalue weighted by atomic mass is 35.5. The highest BCUT2D eigenvalue weighted by Crippen LogP contribution is 2.35. The maximum absolute atomic E-state index is 6.04. The number of halogens is 1. The molecule has 0 unspecified atom stereocenters. The van der Waals surface area contributed by atoms with Crippen molar-refractivity contribution in [2.75, 3.05) is 5.32 Å². The number of hydrogen-bond donors (Lipinski definition) is 1. The fraction of sp³-hybridized carbons (Fsp3) is 0.200. The van der Waals surface area contributed by atoms with Gasteiger partial charge in [0.1, 0.15) is 10.6 Å². The maximum atomic E-state index is 6.04. The predicted molar refractivity (Wildman–Crippen MR) is 86.4 cm³/mol. The molecule has 0 radical (unpaired) electrons. The summed E-state index contributed by atoms with van der Waals surface area (Å²) in [5, 5.41) is 4.71. The van der Waals surface area contributed by atoms with Crippen LogP contribution in [0.3, 0.4) is 0 Å². The molecule has 2 heterocycles. The molecule has 2 aromatic heterocycles. The van der Waals surface area contributed by atoms with E-state index in [1.54, 1.807) is 11.3 Å². The van der Waals surface area contributed by atoms with Crippen LogP contribution in [0.2, 0.25) is 5.28 Å². The highest BCUT2D eigenvalue weighted by molar-refractivity contribution is 7.18. The van der Waals surface area contributed by atoms with E-state index in [0.717, 1.165) is 21.7 Å². The largest absolute Gasteiger partial charge is 0.339 e. The van der Waals surface area contributed by atoms with Gasteiger partial charge >= 0.3 is 0 Å². The molecule has 3 rings (SSSR count). The van der Waals surface area contributed by atoms with E-state index in [2.05, 4.69) is 42.1 Å². The second-order valence-electron chi connectivity index (χ2n) is 4.74. The van der Waals surface area contributed by atoms with E-state index in [-0.39, 0.29) is 5.28 Å². The van der Waals surface area contributed by atoms with Gasteiger partial charge in [-0.2, -0.15) is 4.98 Å². The Balaban J connectivity index is 2.18. The maximum Gasteiger partial charge on any atom is 0.225 e. The van der Waals surface area contributed by atoms with Gasteiger partial charge in [-0.05, 0) is 49.6 Å². The van der Waals surface area contributed by atoms with Crippen LogP contribution in [0.25, 0.3) is 10.2 Å². The number of benzene rings is 1. The molecule has 0 saturated heterocycles. The van der Waals surface area contributed by atoms with Gasteiger partial charge < -0.3 is 5.32 Å². The Labute approximate surface area is 126 Å². The van der Waals surface area contributed by atoms with Crippen molar-refractivity contribution in [1.82, 2.24) is 9.97 Å². The zero-order chi connectivity index (χ0) is 14.3. The molecule has 20 heavy (non-hydrogen) atoms. The Morgan fingerprint density at radius 2 is 1.85 bits per heavy atom. The highest BCUT2D eigenvalue weighted by Gasteiger charge is 2.14. The van der Waals surface area contributed by atoms with E-state index in [4.69, 9.17) is 11.6 Å². The molecule has 0 bridgehead atoms. The van der Waals surface area contributed by atoms with Crippen LogP contribution in [0, 0.1) is 20.8 Å². The lowest BCUT2D eigenvalue weighted by molar-refractivity contribution is 1.22. The van der Waals surface area contributed by atoms with Crippen molar-refractivity contribution in [3.05, 3.63) is 45.6 Å². The predicted octanol–water partition coefficient (Wildman–Crippen LogP) is 5.01. The van der Waals surface area contributed by atoms with Crippen molar-refractivity contribution >= 4 is 44.7 Å². The van der Waals surface area contributed by atoms with Crippen LogP contribution >= 0.6 is 22.9 Å². The van der Waals surface area contributed by atoms with Gasteiger partial charge in [0.05, 0.1) is 5.39 Å². The van der Waals surface area contributed by atoms with Gasteiger partial charge in [-0.3, -0.25) is 0 Å². The summed E-state index contributed by atoms with van der Waals surface area (Å²) in [6.07, 6.45) is 0. The number of nitrogens with zero attached hydrogens (tertiary/aromatic N) is 2. The molecule has 0 aliphatic heterocycles. The van der Waals surface area contributed by atoms with Gasteiger partial charge in [0.25, 0.3) is 0 Å². The first-order valence-corrected chi connectivity index (χ1v) is 7.51. The summed E-state index contributed by atoms with van der Waals surface area (Å²) in [4.78, 5) is 10.8. The number of rotatable bonds is 2. The van der Waals surface area contributed by atoms with Crippen molar-refractivity contribution in [2.45, 2.75) is 20.8 Å². The minimum atomic E-state index is 0.273. The van der Waals surface area contributed by atoms with Gasteiger partial charge in [-0.15, -0.1) is 11.3 Å². The summed E-state index contributed by atoms with van der Waals surface area (Å²) < 4.78 is 0. The lowest BCUT2D eigenvalue weighted by atomic mass is 10.2. The average molecular weight is 304 g/mol. The zero-order valence-corrected chi connectivity index (χ0v) is 13.1. The van der Waals surface area contributed by atoms with Gasteiger partial charge in [-0.1, -0.05) is 18.2 Å². The monoisotopic (exact) mass is 303 g/mol. The fourth-order valence-corrected chi connectivity index (χ4v) is 3.40. The number of anilines is 2. The van der Waals surface area contributed by atoms with Crippen molar-refractivity contribution in [2.24, 2.45) is 0 Å². The van der Waals surface area contributed by atoms with Crippen LogP contribution in [0.1, 0.15) is 16.0 Å². The molecule has 102 valence electrons. The third-order valence-corrected chi connectivity index (χ3v) is 4.67. The zero-order valence-electron chi connectivity index (χ0n) is 11.5. The third-order valence-electron chi connectivity index (χ3n) is 3.40. The van der Waals surface area contributed by atoms with Crippen LogP contribution in [-0.2, 0) is 0 Å². The Bertz CT molecular complexity index is 795. The molecule has 3 aromatic rings. The summed E-state index contributed by atoms with van der Waals surface area (Å²) >= 11 is 7.68. The van der Waals surface area contributed by atoms with Crippen LogP contribution < -0.4 is 5.32 Å². The van der Waals surface area contributed by atoms with Crippen molar-refractivity contribution in [3.8, 4) is 0 Å². The summed E-state index contributed by atoms with van der Waals surface area (Å²) in [6.45, 7) is 6.25. The van der Waals surface area contributed by atoms with E-state index in [0.29, 0.717) is 0 Å². The first kappa shape index (κ1) is 13.3. The second kappa shape index (κ2) is 5.04. The molecule has 0 saturated carbocycles. The quantitative estimate of drug-likeness (QED) is 0.676. The van der Waals surface area contributed by atoms with Crippen LogP contribution in [0.4, 0.5) is 11.5 Å². The number of nitrogens with one attached hydrogen (secondary N) is 1. The molecule has 3 nitrogen and oxygen atoms in total. The second-order valence-corrected chi connectivity index (χ2v) is 6.29. The van der Waals surface area contributed by atoms with Crippen LogP contribution in [-0.4, -0.2) is 9.97 Å². The Hall–Kier alpha value is -1.65. The molecule has 0 amide bonds. The van der Waals surface area contributed by atoms with E-state index in [1.165, 1.54) is 16.0 Å². The molecule has 0 atom stereocenters. The Morgan fingerprint density at radius 1 is 1.10 bits per heavy atom. The van der Waals surface area contributed by atoms with Crippen LogP contribution in [0.15, 0.2) is 24.3 Å². The number of hydrogen-bond acceptors (Lipinski definition) is 4. The summed E-state index contributed by atoms with van der Waals surface area (Å²) in [5.41, 5.74) is 3.41.